The van der Waals surface area contributed by atoms with Gasteiger partial charge in [-0.15, -0.1) is 0 Å². The molecule has 0 amide bonds. The molecule has 0 aromatic heterocycles. The van der Waals surface area contributed by atoms with Crippen molar-refractivity contribution in [3.63, 3.8) is 0 Å². The second-order valence-electron chi connectivity index (χ2n) is 4.31. The fourth-order valence-corrected chi connectivity index (χ4v) is 1.54. The lowest BCUT2D eigenvalue weighted by Crippen LogP contribution is -2.25. The van der Waals surface area contributed by atoms with Gasteiger partial charge in [-0.1, -0.05) is 52.4 Å². The van der Waals surface area contributed by atoms with Crippen molar-refractivity contribution in [1.82, 2.24) is 0 Å². The van der Waals surface area contributed by atoms with Gasteiger partial charge in [0.2, 0.25) is 0 Å². The molecule has 0 spiro atoms. The van der Waals surface area contributed by atoms with Crippen molar-refractivity contribution in [3.05, 3.63) is 0 Å². The molecule has 1 unspecified atom stereocenters. The SMILES string of the molecule is CCCCCCCCCC(=O)OC(N)CC. The third-order valence-corrected chi connectivity index (χ3v) is 2.67. The number of carbonyl (C=O) groups is 1. The first-order chi connectivity index (χ1) is 7.70. The zero-order valence-corrected chi connectivity index (χ0v) is 10.8. The summed E-state index contributed by atoms with van der Waals surface area (Å²) in [6, 6.07) is 0. The van der Waals surface area contributed by atoms with E-state index in [0.29, 0.717) is 12.8 Å². The Labute approximate surface area is 99.7 Å². The molecule has 0 aromatic carbocycles. The Balaban J connectivity index is 3.21. The van der Waals surface area contributed by atoms with E-state index in [0.717, 1.165) is 12.8 Å². The van der Waals surface area contributed by atoms with Crippen molar-refractivity contribution in [2.45, 2.75) is 77.9 Å². The molecule has 0 heterocycles. The molecule has 3 heteroatoms. The van der Waals surface area contributed by atoms with Crippen LogP contribution in [0.1, 0.15) is 71.6 Å². The van der Waals surface area contributed by atoms with Crippen molar-refractivity contribution in [2.75, 3.05) is 0 Å². The predicted octanol–water partition coefficient (Wildman–Crippen LogP) is 3.37. The van der Waals surface area contributed by atoms with Crippen LogP contribution in [0.3, 0.4) is 0 Å². The molecule has 16 heavy (non-hydrogen) atoms. The Morgan fingerprint density at radius 1 is 1.06 bits per heavy atom. The number of hydrogen-bond donors (Lipinski definition) is 1. The molecule has 96 valence electrons. The second kappa shape index (κ2) is 10.9. The summed E-state index contributed by atoms with van der Waals surface area (Å²) in [5, 5.41) is 0. The first-order valence-electron chi connectivity index (χ1n) is 6.65. The maximum atomic E-state index is 11.2. The van der Waals surface area contributed by atoms with Crippen LogP contribution in [0.25, 0.3) is 0 Å². The fourth-order valence-electron chi connectivity index (χ4n) is 1.54. The molecule has 3 nitrogen and oxygen atoms in total. The predicted molar refractivity (Wildman–Crippen MR) is 67.0 cm³/mol. The van der Waals surface area contributed by atoms with Crippen LogP contribution in [0.2, 0.25) is 0 Å². The van der Waals surface area contributed by atoms with Crippen LogP contribution in [0.4, 0.5) is 0 Å². The van der Waals surface area contributed by atoms with E-state index in [1.54, 1.807) is 0 Å². The number of ether oxygens (including phenoxy) is 1. The number of carbonyl (C=O) groups excluding carboxylic acids is 1. The topological polar surface area (TPSA) is 52.3 Å². The van der Waals surface area contributed by atoms with Crippen molar-refractivity contribution < 1.29 is 9.53 Å². The van der Waals surface area contributed by atoms with E-state index in [-0.39, 0.29) is 5.97 Å². The maximum absolute atomic E-state index is 11.2. The molecule has 1 atom stereocenters. The molecule has 0 aromatic rings. The van der Waals surface area contributed by atoms with Gasteiger partial charge in [-0.2, -0.15) is 0 Å². The first kappa shape index (κ1) is 15.4. The minimum absolute atomic E-state index is 0.150. The smallest absolute Gasteiger partial charge is 0.307 e. The zero-order valence-electron chi connectivity index (χ0n) is 10.8. The summed E-state index contributed by atoms with van der Waals surface area (Å²) >= 11 is 0. The van der Waals surface area contributed by atoms with E-state index < -0.39 is 6.23 Å². The monoisotopic (exact) mass is 229 g/mol. The summed E-state index contributed by atoms with van der Waals surface area (Å²) in [7, 11) is 0. The highest BCUT2D eigenvalue weighted by Gasteiger charge is 2.06. The minimum atomic E-state index is -0.419. The standard InChI is InChI=1S/C13H27NO2/c1-3-5-6-7-8-9-10-11-13(15)16-12(14)4-2/h12H,3-11,14H2,1-2H3. The molecule has 0 radical (unpaired) electrons. The molecule has 0 aliphatic rings. The third kappa shape index (κ3) is 9.97. The van der Waals surface area contributed by atoms with Crippen LogP contribution in [0.15, 0.2) is 0 Å². The molecular formula is C13H27NO2. The second-order valence-corrected chi connectivity index (χ2v) is 4.31. The van der Waals surface area contributed by atoms with Gasteiger partial charge in [0.25, 0.3) is 0 Å². The van der Waals surface area contributed by atoms with Gasteiger partial charge in [0.15, 0.2) is 6.23 Å². The number of rotatable bonds is 10. The summed E-state index contributed by atoms with van der Waals surface area (Å²) in [5.41, 5.74) is 5.52. The normalized spacial score (nSPS) is 12.4. The van der Waals surface area contributed by atoms with E-state index in [1.165, 1.54) is 32.1 Å². The Hall–Kier alpha value is -0.570. The zero-order chi connectivity index (χ0) is 12.2. The van der Waals surface area contributed by atoms with E-state index in [9.17, 15) is 4.79 Å². The molecule has 0 fully saturated rings. The van der Waals surface area contributed by atoms with E-state index in [2.05, 4.69) is 6.92 Å². The van der Waals surface area contributed by atoms with Crippen molar-refractivity contribution >= 4 is 5.97 Å². The Kier molecular flexibility index (Phi) is 10.5. The Bertz CT molecular complexity index is 171. The molecule has 0 saturated heterocycles. The summed E-state index contributed by atoms with van der Waals surface area (Å²) in [6.45, 7) is 4.12. The van der Waals surface area contributed by atoms with Gasteiger partial charge >= 0.3 is 5.97 Å². The van der Waals surface area contributed by atoms with Crippen LogP contribution in [-0.4, -0.2) is 12.2 Å². The first-order valence-corrected chi connectivity index (χ1v) is 6.65. The van der Waals surface area contributed by atoms with Gasteiger partial charge in [-0.25, -0.2) is 0 Å². The Morgan fingerprint density at radius 3 is 2.19 bits per heavy atom. The van der Waals surface area contributed by atoms with E-state index in [1.807, 2.05) is 6.92 Å². The van der Waals surface area contributed by atoms with Crippen LogP contribution in [0.5, 0.6) is 0 Å². The lowest BCUT2D eigenvalue weighted by Gasteiger charge is -2.10. The van der Waals surface area contributed by atoms with Crippen molar-refractivity contribution in [1.29, 1.82) is 0 Å². The van der Waals surface area contributed by atoms with E-state index >= 15 is 0 Å². The largest absolute Gasteiger partial charge is 0.447 e. The van der Waals surface area contributed by atoms with Crippen LogP contribution < -0.4 is 5.73 Å². The van der Waals surface area contributed by atoms with Crippen molar-refractivity contribution in [2.24, 2.45) is 5.73 Å². The van der Waals surface area contributed by atoms with Gasteiger partial charge in [-0.05, 0) is 12.8 Å². The summed E-state index contributed by atoms with van der Waals surface area (Å²) in [5.74, 6) is -0.150. The average molecular weight is 229 g/mol. The summed E-state index contributed by atoms with van der Waals surface area (Å²) in [4.78, 5) is 11.2. The van der Waals surface area contributed by atoms with Gasteiger partial charge < -0.3 is 4.74 Å². The average Bonchev–Trinajstić information content (AvgIpc) is 2.27. The number of hydrogen-bond acceptors (Lipinski definition) is 3. The van der Waals surface area contributed by atoms with Gasteiger partial charge in [0.1, 0.15) is 0 Å². The maximum Gasteiger partial charge on any atom is 0.307 e. The highest BCUT2D eigenvalue weighted by molar-refractivity contribution is 5.69. The van der Waals surface area contributed by atoms with Gasteiger partial charge in [0.05, 0.1) is 0 Å². The lowest BCUT2D eigenvalue weighted by molar-refractivity contribution is -0.149. The molecule has 0 bridgehead atoms. The summed E-state index contributed by atoms with van der Waals surface area (Å²) < 4.78 is 4.98. The molecule has 2 N–H and O–H groups in total. The lowest BCUT2D eigenvalue weighted by atomic mass is 10.1. The molecule has 0 aliphatic heterocycles. The molecule has 0 rings (SSSR count). The summed E-state index contributed by atoms with van der Waals surface area (Å²) in [6.07, 6.45) is 9.28. The highest BCUT2D eigenvalue weighted by Crippen LogP contribution is 2.09. The highest BCUT2D eigenvalue weighted by atomic mass is 16.6. The van der Waals surface area contributed by atoms with Crippen LogP contribution in [-0.2, 0) is 9.53 Å². The number of nitrogens with two attached hydrogens (primary N) is 1. The quantitative estimate of drug-likeness (QED) is 0.355. The minimum Gasteiger partial charge on any atom is -0.447 e. The number of unbranched alkanes of at least 4 members (excludes halogenated alkanes) is 6. The van der Waals surface area contributed by atoms with E-state index in [4.69, 9.17) is 10.5 Å². The molecule has 0 saturated carbocycles. The molecule has 0 aliphatic carbocycles. The van der Waals surface area contributed by atoms with Crippen LogP contribution in [0, 0.1) is 0 Å². The Morgan fingerprint density at radius 2 is 1.62 bits per heavy atom. The molecular weight excluding hydrogens is 202 g/mol. The van der Waals surface area contributed by atoms with Gasteiger partial charge in [-0.3, -0.25) is 10.5 Å². The third-order valence-electron chi connectivity index (χ3n) is 2.67. The van der Waals surface area contributed by atoms with Crippen LogP contribution >= 0.6 is 0 Å². The fraction of sp³-hybridized carbons (Fsp3) is 0.923. The number of esters is 1. The van der Waals surface area contributed by atoms with Gasteiger partial charge in [0, 0.05) is 6.42 Å². The van der Waals surface area contributed by atoms with Crippen molar-refractivity contribution in [3.8, 4) is 0 Å².